The predicted octanol–water partition coefficient (Wildman–Crippen LogP) is 1.45. The summed E-state index contributed by atoms with van der Waals surface area (Å²) in [5.74, 6) is 0.169. The van der Waals surface area contributed by atoms with Gasteiger partial charge in [-0.05, 0) is 39.9 Å². The average molecular weight is 351 g/mol. The van der Waals surface area contributed by atoms with E-state index in [4.69, 9.17) is 0 Å². The van der Waals surface area contributed by atoms with Crippen LogP contribution in [0.2, 0.25) is 0 Å². The molecule has 0 aliphatic carbocycles. The third-order valence-electron chi connectivity index (χ3n) is 3.98. The quantitative estimate of drug-likeness (QED) is 0.761. The first-order chi connectivity index (χ1) is 11.2. The maximum absolute atomic E-state index is 12.6. The van der Waals surface area contributed by atoms with Crippen LogP contribution in [0.15, 0.2) is 17.6 Å². The van der Waals surface area contributed by atoms with Gasteiger partial charge in [0.25, 0.3) is 0 Å². The van der Waals surface area contributed by atoms with Crippen LogP contribution in [0.25, 0.3) is 5.65 Å². The Kier molecular flexibility index (Phi) is 5.29. The SMILES string of the molecule is C=CCS(=O)(=O)c1c(NC)nn2c(C)c(CCN(C)C)c(C)nc12. The van der Waals surface area contributed by atoms with Crippen LogP contribution in [-0.2, 0) is 16.3 Å². The molecule has 0 aliphatic rings. The van der Waals surface area contributed by atoms with E-state index in [2.05, 4.69) is 26.9 Å². The monoisotopic (exact) mass is 351 g/mol. The van der Waals surface area contributed by atoms with E-state index in [1.165, 1.54) is 6.08 Å². The molecule has 2 rings (SSSR count). The number of rotatable bonds is 7. The van der Waals surface area contributed by atoms with Gasteiger partial charge in [-0.2, -0.15) is 0 Å². The number of aryl methyl sites for hydroxylation is 2. The summed E-state index contributed by atoms with van der Waals surface area (Å²) in [5, 5.41) is 7.30. The average Bonchev–Trinajstić information content (AvgIpc) is 2.86. The Balaban J connectivity index is 2.72. The van der Waals surface area contributed by atoms with Crippen LogP contribution < -0.4 is 5.32 Å². The molecule has 0 atom stereocenters. The van der Waals surface area contributed by atoms with Gasteiger partial charge in [-0.25, -0.2) is 17.9 Å². The smallest absolute Gasteiger partial charge is 0.189 e. The molecule has 0 bridgehead atoms. The summed E-state index contributed by atoms with van der Waals surface area (Å²) in [6.45, 7) is 8.27. The van der Waals surface area contributed by atoms with E-state index in [0.29, 0.717) is 11.5 Å². The first kappa shape index (κ1) is 18.4. The van der Waals surface area contributed by atoms with Crippen LogP contribution in [0.5, 0.6) is 0 Å². The molecule has 132 valence electrons. The van der Waals surface area contributed by atoms with Crippen LogP contribution in [-0.4, -0.2) is 61.4 Å². The zero-order valence-corrected chi connectivity index (χ0v) is 15.7. The molecule has 0 saturated heterocycles. The van der Waals surface area contributed by atoms with E-state index in [0.717, 1.165) is 29.9 Å². The number of nitrogens with one attached hydrogen (secondary N) is 1. The summed E-state index contributed by atoms with van der Waals surface area (Å²) in [6.07, 6.45) is 2.21. The van der Waals surface area contributed by atoms with Gasteiger partial charge >= 0.3 is 0 Å². The van der Waals surface area contributed by atoms with Crippen molar-refractivity contribution in [2.24, 2.45) is 0 Å². The standard InChI is InChI=1S/C16H25N5O2S/c1-7-10-24(22,23)14-15(17-4)19-21-12(3)13(8-9-20(5)6)11(2)18-16(14)21/h7H,1,8-10H2,2-6H3,(H,17,19). The first-order valence-electron chi connectivity index (χ1n) is 7.77. The van der Waals surface area contributed by atoms with Crippen molar-refractivity contribution in [1.82, 2.24) is 19.5 Å². The molecular weight excluding hydrogens is 326 g/mol. The van der Waals surface area contributed by atoms with Gasteiger partial charge in [0, 0.05) is 25.0 Å². The van der Waals surface area contributed by atoms with Crippen molar-refractivity contribution in [3.05, 3.63) is 29.6 Å². The van der Waals surface area contributed by atoms with Crippen LogP contribution >= 0.6 is 0 Å². The summed E-state index contributed by atoms with van der Waals surface area (Å²) in [5.41, 5.74) is 3.20. The summed E-state index contributed by atoms with van der Waals surface area (Å²) >= 11 is 0. The fourth-order valence-corrected chi connectivity index (χ4v) is 4.05. The lowest BCUT2D eigenvalue weighted by Crippen LogP contribution is -2.17. The highest BCUT2D eigenvalue weighted by molar-refractivity contribution is 7.92. The van der Waals surface area contributed by atoms with E-state index < -0.39 is 9.84 Å². The number of likely N-dealkylation sites (N-methyl/N-ethyl adjacent to an activating group) is 1. The van der Waals surface area contributed by atoms with Crippen LogP contribution in [0.4, 0.5) is 5.82 Å². The zero-order chi connectivity index (χ0) is 18.1. The Morgan fingerprint density at radius 2 is 2.00 bits per heavy atom. The molecule has 1 N–H and O–H groups in total. The van der Waals surface area contributed by atoms with Crippen molar-refractivity contribution < 1.29 is 8.42 Å². The summed E-state index contributed by atoms with van der Waals surface area (Å²) in [4.78, 5) is 6.80. The number of sulfone groups is 1. The second-order valence-electron chi connectivity index (χ2n) is 6.05. The van der Waals surface area contributed by atoms with Gasteiger partial charge in [-0.1, -0.05) is 6.08 Å². The summed E-state index contributed by atoms with van der Waals surface area (Å²) in [6, 6.07) is 0. The van der Waals surface area contributed by atoms with Crippen molar-refractivity contribution in [3.8, 4) is 0 Å². The lowest BCUT2D eigenvalue weighted by Gasteiger charge is -2.14. The Bertz CT molecular complexity index is 868. The minimum Gasteiger partial charge on any atom is -0.371 e. The molecule has 0 aliphatic heterocycles. The van der Waals surface area contributed by atoms with Crippen molar-refractivity contribution >= 4 is 21.3 Å². The molecule has 0 spiro atoms. The maximum Gasteiger partial charge on any atom is 0.189 e. The van der Waals surface area contributed by atoms with Crippen LogP contribution in [0, 0.1) is 13.8 Å². The highest BCUT2D eigenvalue weighted by atomic mass is 32.2. The molecule has 0 radical (unpaired) electrons. The topological polar surface area (TPSA) is 79.6 Å². The van der Waals surface area contributed by atoms with Crippen LogP contribution in [0.1, 0.15) is 17.0 Å². The molecule has 7 nitrogen and oxygen atoms in total. The minimum atomic E-state index is -3.54. The molecule has 0 aromatic carbocycles. The molecule has 0 saturated carbocycles. The lowest BCUT2D eigenvalue weighted by molar-refractivity contribution is 0.412. The maximum atomic E-state index is 12.6. The normalized spacial score (nSPS) is 12.1. The molecule has 0 amide bonds. The van der Waals surface area contributed by atoms with E-state index in [-0.39, 0.29) is 10.6 Å². The number of hydrogen-bond acceptors (Lipinski definition) is 6. The lowest BCUT2D eigenvalue weighted by atomic mass is 10.1. The Labute approximate surface area is 143 Å². The number of nitrogens with zero attached hydrogens (tertiary/aromatic N) is 4. The van der Waals surface area contributed by atoms with E-state index in [1.807, 2.05) is 27.9 Å². The van der Waals surface area contributed by atoms with Gasteiger partial charge < -0.3 is 10.2 Å². The second kappa shape index (κ2) is 6.90. The van der Waals surface area contributed by atoms with Crippen molar-refractivity contribution in [3.63, 3.8) is 0 Å². The molecular formula is C16H25N5O2S. The van der Waals surface area contributed by atoms with Gasteiger partial charge in [-0.3, -0.25) is 0 Å². The van der Waals surface area contributed by atoms with Gasteiger partial charge in [-0.15, -0.1) is 11.7 Å². The Morgan fingerprint density at radius 3 is 2.54 bits per heavy atom. The van der Waals surface area contributed by atoms with Gasteiger partial charge in [0.2, 0.25) is 0 Å². The van der Waals surface area contributed by atoms with Crippen molar-refractivity contribution in [1.29, 1.82) is 0 Å². The third kappa shape index (κ3) is 3.29. The fraction of sp³-hybridized carbons (Fsp3) is 0.500. The molecule has 0 fully saturated rings. The minimum absolute atomic E-state index is 0.134. The van der Waals surface area contributed by atoms with E-state index in [1.54, 1.807) is 11.6 Å². The van der Waals surface area contributed by atoms with Crippen LogP contribution in [0.3, 0.4) is 0 Å². The summed E-state index contributed by atoms with van der Waals surface area (Å²) < 4.78 is 26.8. The Morgan fingerprint density at radius 1 is 1.33 bits per heavy atom. The highest BCUT2D eigenvalue weighted by Crippen LogP contribution is 2.28. The molecule has 2 aromatic heterocycles. The van der Waals surface area contributed by atoms with E-state index >= 15 is 0 Å². The number of aromatic nitrogens is 3. The fourth-order valence-electron chi connectivity index (χ4n) is 2.73. The number of fused-ring (bicyclic) bond motifs is 1. The largest absolute Gasteiger partial charge is 0.371 e. The Hall–Kier alpha value is -1.93. The number of hydrogen-bond donors (Lipinski definition) is 1. The molecule has 24 heavy (non-hydrogen) atoms. The van der Waals surface area contributed by atoms with Gasteiger partial charge in [0.05, 0.1) is 5.75 Å². The number of anilines is 1. The third-order valence-corrected chi connectivity index (χ3v) is 5.65. The van der Waals surface area contributed by atoms with Crippen molar-refractivity contribution in [2.45, 2.75) is 25.2 Å². The van der Waals surface area contributed by atoms with Crippen molar-refractivity contribution in [2.75, 3.05) is 38.8 Å². The molecule has 0 unspecified atom stereocenters. The van der Waals surface area contributed by atoms with Gasteiger partial charge in [0.15, 0.2) is 26.2 Å². The second-order valence-corrected chi connectivity index (χ2v) is 8.02. The zero-order valence-electron chi connectivity index (χ0n) is 14.9. The predicted molar refractivity (Wildman–Crippen MR) is 96.5 cm³/mol. The summed E-state index contributed by atoms with van der Waals surface area (Å²) in [7, 11) is 2.15. The molecule has 8 heteroatoms. The highest BCUT2D eigenvalue weighted by Gasteiger charge is 2.27. The van der Waals surface area contributed by atoms with Gasteiger partial charge in [0.1, 0.15) is 0 Å². The molecule has 2 heterocycles. The molecule has 2 aromatic rings. The van der Waals surface area contributed by atoms with E-state index in [9.17, 15) is 8.42 Å². The first-order valence-corrected chi connectivity index (χ1v) is 9.43.